The van der Waals surface area contributed by atoms with E-state index in [1.54, 1.807) is 12.1 Å². The van der Waals surface area contributed by atoms with Crippen LogP contribution in [0.1, 0.15) is 11.7 Å². The molecule has 1 atom stereocenters. The van der Waals surface area contributed by atoms with Gasteiger partial charge in [0.15, 0.2) is 0 Å². The zero-order chi connectivity index (χ0) is 13.2. The standard InChI is InChI=1S/C12H14F3NO2/c13-11(12(14,15)17)9-1-3-10(4-2-9)16-5-7-18-8-6-16/h1-4,11,17H,5-8H2. The summed E-state index contributed by atoms with van der Waals surface area (Å²) in [6.07, 6.45) is -7.04. The molecule has 1 N–H and O–H groups in total. The highest BCUT2D eigenvalue weighted by atomic mass is 19.3. The van der Waals surface area contributed by atoms with E-state index < -0.39 is 12.3 Å². The number of alkyl halides is 3. The van der Waals surface area contributed by atoms with Gasteiger partial charge >= 0.3 is 6.11 Å². The van der Waals surface area contributed by atoms with E-state index in [1.807, 2.05) is 4.90 Å². The zero-order valence-corrected chi connectivity index (χ0v) is 9.65. The number of hydrogen-bond acceptors (Lipinski definition) is 3. The zero-order valence-electron chi connectivity index (χ0n) is 9.65. The average molecular weight is 261 g/mol. The van der Waals surface area contributed by atoms with Gasteiger partial charge in [-0.25, -0.2) is 4.39 Å². The molecule has 0 aliphatic carbocycles. The fourth-order valence-corrected chi connectivity index (χ4v) is 1.88. The molecule has 0 spiro atoms. The lowest BCUT2D eigenvalue weighted by atomic mass is 10.1. The van der Waals surface area contributed by atoms with Crippen LogP contribution in [0, 0.1) is 0 Å². The molecule has 18 heavy (non-hydrogen) atoms. The van der Waals surface area contributed by atoms with E-state index in [4.69, 9.17) is 9.84 Å². The van der Waals surface area contributed by atoms with Crippen LogP contribution >= 0.6 is 0 Å². The molecule has 3 nitrogen and oxygen atoms in total. The maximum Gasteiger partial charge on any atom is 0.388 e. The van der Waals surface area contributed by atoms with Gasteiger partial charge in [0, 0.05) is 18.8 Å². The summed E-state index contributed by atoms with van der Waals surface area (Å²) in [5.41, 5.74) is 0.593. The monoisotopic (exact) mass is 261 g/mol. The van der Waals surface area contributed by atoms with Gasteiger partial charge in [0.2, 0.25) is 6.17 Å². The maximum absolute atomic E-state index is 13.2. The second-order valence-electron chi connectivity index (χ2n) is 4.14. The summed E-state index contributed by atoms with van der Waals surface area (Å²) in [6, 6.07) is 5.66. The maximum atomic E-state index is 13.2. The molecule has 1 heterocycles. The van der Waals surface area contributed by atoms with Crippen molar-refractivity contribution in [1.29, 1.82) is 0 Å². The first-order valence-electron chi connectivity index (χ1n) is 5.65. The Hall–Kier alpha value is -1.27. The number of benzene rings is 1. The molecule has 1 saturated heterocycles. The highest BCUT2D eigenvalue weighted by Gasteiger charge is 2.38. The van der Waals surface area contributed by atoms with E-state index in [0.29, 0.717) is 26.3 Å². The molecule has 1 aromatic carbocycles. The third-order valence-corrected chi connectivity index (χ3v) is 2.87. The van der Waals surface area contributed by atoms with Gasteiger partial charge in [-0.3, -0.25) is 0 Å². The quantitative estimate of drug-likeness (QED) is 0.904. The molecule has 1 unspecified atom stereocenters. The Labute approximate surface area is 103 Å². The molecule has 0 radical (unpaired) electrons. The number of anilines is 1. The van der Waals surface area contributed by atoms with Crippen molar-refractivity contribution in [2.45, 2.75) is 12.3 Å². The summed E-state index contributed by atoms with van der Waals surface area (Å²) >= 11 is 0. The molecule has 0 aromatic heterocycles. The lowest BCUT2D eigenvalue weighted by molar-refractivity contribution is -0.242. The van der Waals surface area contributed by atoms with Crippen LogP contribution in [0.5, 0.6) is 0 Å². The van der Waals surface area contributed by atoms with Gasteiger partial charge in [0.05, 0.1) is 13.2 Å². The first kappa shape index (κ1) is 13.2. The predicted molar refractivity (Wildman–Crippen MR) is 60.5 cm³/mol. The number of rotatable bonds is 3. The normalized spacial score (nSPS) is 18.8. The smallest absolute Gasteiger partial charge is 0.378 e. The molecule has 1 fully saturated rings. The number of ether oxygens (including phenoxy) is 1. The van der Waals surface area contributed by atoms with E-state index in [2.05, 4.69) is 0 Å². The lowest BCUT2D eigenvalue weighted by Gasteiger charge is -2.29. The Kier molecular flexibility index (Phi) is 3.77. The van der Waals surface area contributed by atoms with Gasteiger partial charge < -0.3 is 14.7 Å². The van der Waals surface area contributed by atoms with Crippen molar-refractivity contribution in [2.24, 2.45) is 0 Å². The van der Waals surface area contributed by atoms with E-state index in [9.17, 15) is 13.2 Å². The van der Waals surface area contributed by atoms with Crippen molar-refractivity contribution in [2.75, 3.05) is 31.2 Å². The van der Waals surface area contributed by atoms with Crippen LogP contribution in [0.3, 0.4) is 0 Å². The third kappa shape index (κ3) is 2.94. The van der Waals surface area contributed by atoms with Crippen LogP contribution in [-0.2, 0) is 4.74 Å². The molecule has 1 aliphatic heterocycles. The van der Waals surface area contributed by atoms with Crippen LogP contribution in [0.4, 0.5) is 18.9 Å². The summed E-state index contributed by atoms with van der Waals surface area (Å²) in [5, 5.41) is 8.32. The van der Waals surface area contributed by atoms with Crippen molar-refractivity contribution in [3.63, 3.8) is 0 Å². The Balaban J connectivity index is 2.09. The Morgan fingerprint density at radius 1 is 1.17 bits per heavy atom. The topological polar surface area (TPSA) is 32.7 Å². The minimum absolute atomic E-state index is 0.237. The van der Waals surface area contributed by atoms with Crippen LogP contribution in [-0.4, -0.2) is 37.5 Å². The van der Waals surface area contributed by atoms with Gasteiger partial charge in [-0.15, -0.1) is 0 Å². The van der Waals surface area contributed by atoms with Gasteiger partial charge in [0.1, 0.15) is 0 Å². The van der Waals surface area contributed by atoms with Gasteiger partial charge in [-0.1, -0.05) is 12.1 Å². The SMILES string of the molecule is OC(F)(F)C(F)c1ccc(N2CCOCC2)cc1. The Bertz CT molecular complexity index is 385. The van der Waals surface area contributed by atoms with E-state index in [-0.39, 0.29) is 5.56 Å². The summed E-state index contributed by atoms with van der Waals surface area (Å²) in [7, 11) is 0. The highest BCUT2D eigenvalue weighted by Crippen LogP contribution is 2.33. The number of hydrogen-bond donors (Lipinski definition) is 1. The second kappa shape index (κ2) is 5.16. The van der Waals surface area contributed by atoms with E-state index in [0.717, 1.165) is 5.69 Å². The number of nitrogens with zero attached hydrogens (tertiary/aromatic N) is 1. The molecule has 2 rings (SSSR count). The molecule has 0 amide bonds. The number of halogens is 3. The van der Waals surface area contributed by atoms with Gasteiger partial charge in [0.25, 0.3) is 0 Å². The molecular formula is C12H14F3NO2. The van der Waals surface area contributed by atoms with Crippen molar-refractivity contribution < 1.29 is 23.0 Å². The third-order valence-electron chi connectivity index (χ3n) is 2.87. The molecular weight excluding hydrogens is 247 g/mol. The summed E-state index contributed by atoms with van der Waals surface area (Å²) in [5.74, 6) is 0. The largest absolute Gasteiger partial charge is 0.388 e. The summed E-state index contributed by atoms with van der Waals surface area (Å²) < 4.78 is 43.2. The molecule has 1 aliphatic rings. The van der Waals surface area contributed by atoms with Gasteiger partial charge in [-0.2, -0.15) is 8.78 Å². The van der Waals surface area contributed by atoms with Crippen LogP contribution < -0.4 is 4.90 Å². The van der Waals surface area contributed by atoms with Crippen molar-refractivity contribution in [1.82, 2.24) is 0 Å². The molecule has 6 heteroatoms. The lowest BCUT2D eigenvalue weighted by Crippen LogP contribution is -2.36. The first-order chi connectivity index (χ1) is 8.48. The number of morpholine rings is 1. The van der Waals surface area contributed by atoms with Crippen LogP contribution in [0.15, 0.2) is 24.3 Å². The predicted octanol–water partition coefficient (Wildman–Crippen LogP) is 2.12. The highest BCUT2D eigenvalue weighted by molar-refractivity contribution is 5.48. The molecule has 1 aromatic rings. The van der Waals surface area contributed by atoms with E-state index in [1.165, 1.54) is 12.1 Å². The first-order valence-corrected chi connectivity index (χ1v) is 5.65. The Morgan fingerprint density at radius 3 is 2.22 bits per heavy atom. The summed E-state index contributed by atoms with van der Waals surface area (Å²) in [6.45, 7) is 2.66. The van der Waals surface area contributed by atoms with Crippen LogP contribution in [0.2, 0.25) is 0 Å². The second-order valence-corrected chi connectivity index (χ2v) is 4.14. The fourth-order valence-electron chi connectivity index (χ4n) is 1.88. The summed E-state index contributed by atoms with van der Waals surface area (Å²) in [4.78, 5) is 2.03. The number of aliphatic hydroxyl groups is 1. The van der Waals surface area contributed by atoms with Crippen molar-refractivity contribution in [3.8, 4) is 0 Å². The molecule has 0 bridgehead atoms. The minimum atomic E-state index is -4.35. The molecule has 100 valence electrons. The van der Waals surface area contributed by atoms with Crippen molar-refractivity contribution in [3.05, 3.63) is 29.8 Å². The van der Waals surface area contributed by atoms with Gasteiger partial charge in [-0.05, 0) is 17.7 Å². The minimum Gasteiger partial charge on any atom is -0.378 e. The molecule has 0 saturated carbocycles. The Morgan fingerprint density at radius 2 is 1.72 bits per heavy atom. The van der Waals surface area contributed by atoms with Crippen molar-refractivity contribution >= 4 is 5.69 Å². The van der Waals surface area contributed by atoms with E-state index >= 15 is 0 Å². The fraction of sp³-hybridized carbons (Fsp3) is 0.500. The van der Waals surface area contributed by atoms with Crippen LogP contribution in [0.25, 0.3) is 0 Å². The average Bonchev–Trinajstić information content (AvgIpc) is 2.38.